The van der Waals surface area contributed by atoms with Crippen LogP contribution in [0.15, 0.2) is 24.5 Å². The summed E-state index contributed by atoms with van der Waals surface area (Å²) in [6.45, 7) is 4.22. The van der Waals surface area contributed by atoms with Crippen molar-refractivity contribution in [3.8, 4) is 0 Å². The number of nitrogens with zero attached hydrogens (tertiary/aromatic N) is 1. The first-order valence-electron chi connectivity index (χ1n) is 5.33. The average molecular weight is 223 g/mol. The molecule has 16 heavy (non-hydrogen) atoms. The molecule has 5 nitrogen and oxygen atoms in total. The second-order valence-corrected chi connectivity index (χ2v) is 3.18. The molecule has 1 aromatic rings. The van der Waals surface area contributed by atoms with Gasteiger partial charge in [-0.3, -0.25) is 4.98 Å². The van der Waals surface area contributed by atoms with Crippen molar-refractivity contribution in [2.75, 3.05) is 19.7 Å². The Morgan fingerprint density at radius 2 is 2.12 bits per heavy atom. The summed E-state index contributed by atoms with van der Waals surface area (Å²) in [5.41, 5.74) is 1.17. The van der Waals surface area contributed by atoms with E-state index < -0.39 is 0 Å². The zero-order valence-electron chi connectivity index (χ0n) is 9.40. The summed E-state index contributed by atoms with van der Waals surface area (Å²) in [4.78, 5) is 14.8. The van der Waals surface area contributed by atoms with Gasteiger partial charge in [0.15, 0.2) is 0 Å². The minimum absolute atomic E-state index is 0.367. The molecule has 88 valence electrons. The van der Waals surface area contributed by atoms with E-state index in [1.807, 2.05) is 12.1 Å². The SMILES string of the molecule is CCOC(=O)NCCNCc1ccncc1. The quantitative estimate of drug-likeness (QED) is 0.704. The molecule has 0 unspecified atom stereocenters. The number of nitrogens with one attached hydrogen (secondary N) is 2. The molecule has 1 rings (SSSR count). The summed E-state index contributed by atoms with van der Waals surface area (Å²) < 4.78 is 4.72. The molecule has 0 bridgehead atoms. The Hall–Kier alpha value is -1.62. The third kappa shape index (κ3) is 5.31. The summed E-state index contributed by atoms with van der Waals surface area (Å²) in [6, 6.07) is 3.90. The smallest absolute Gasteiger partial charge is 0.407 e. The second kappa shape index (κ2) is 7.64. The van der Waals surface area contributed by atoms with Crippen molar-refractivity contribution in [1.29, 1.82) is 0 Å². The third-order valence-corrected chi connectivity index (χ3v) is 1.93. The Balaban J connectivity index is 2.02. The fourth-order valence-electron chi connectivity index (χ4n) is 1.17. The predicted octanol–water partition coefficient (Wildman–Crippen LogP) is 0.917. The number of pyridine rings is 1. The van der Waals surface area contributed by atoms with Crippen LogP contribution < -0.4 is 10.6 Å². The van der Waals surface area contributed by atoms with Crippen LogP contribution in [0.25, 0.3) is 0 Å². The van der Waals surface area contributed by atoms with Crippen LogP contribution in [-0.2, 0) is 11.3 Å². The molecule has 0 saturated carbocycles. The molecule has 0 atom stereocenters. The van der Waals surface area contributed by atoms with Gasteiger partial charge in [0.25, 0.3) is 0 Å². The normalized spacial score (nSPS) is 9.81. The van der Waals surface area contributed by atoms with Gasteiger partial charge in [0.2, 0.25) is 0 Å². The van der Waals surface area contributed by atoms with E-state index in [1.165, 1.54) is 5.56 Å². The number of hydrogen-bond acceptors (Lipinski definition) is 4. The van der Waals surface area contributed by atoms with Gasteiger partial charge in [-0.2, -0.15) is 0 Å². The Morgan fingerprint density at radius 3 is 2.81 bits per heavy atom. The maximum atomic E-state index is 10.9. The van der Waals surface area contributed by atoms with Crippen molar-refractivity contribution >= 4 is 6.09 Å². The van der Waals surface area contributed by atoms with Crippen LogP contribution >= 0.6 is 0 Å². The van der Waals surface area contributed by atoms with Gasteiger partial charge in [-0.15, -0.1) is 0 Å². The van der Waals surface area contributed by atoms with Gasteiger partial charge in [-0.25, -0.2) is 4.79 Å². The summed E-state index contributed by atoms with van der Waals surface area (Å²) in [7, 11) is 0. The lowest BCUT2D eigenvalue weighted by atomic mass is 10.3. The molecule has 1 heterocycles. The number of amides is 1. The van der Waals surface area contributed by atoms with E-state index >= 15 is 0 Å². The molecule has 0 saturated heterocycles. The predicted molar refractivity (Wildman–Crippen MR) is 61.0 cm³/mol. The number of aromatic nitrogens is 1. The Kier molecular flexibility index (Phi) is 5.95. The molecule has 5 heteroatoms. The van der Waals surface area contributed by atoms with E-state index in [1.54, 1.807) is 19.3 Å². The van der Waals surface area contributed by atoms with Crippen LogP contribution in [0.4, 0.5) is 4.79 Å². The van der Waals surface area contributed by atoms with Crippen molar-refractivity contribution in [3.63, 3.8) is 0 Å². The molecular weight excluding hydrogens is 206 g/mol. The Bertz CT molecular complexity index is 303. The van der Waals surface area contributed by atoms with Crippen molar-refractivity contribution < 1.29 is 9.53 Å². The van der Waals surface area contributed by atoms with E-state index in [-0.39, 0.29) is 6.09 Å². The highest BCUT2D eigenvalue weighted by atomic mass is 16.5. The van der Waals surface area contributed by atoms with E-state index in [4.69, 9.17) is 4.74 Å². The number of alkyl carbamates (subject to hydrolysis) is 1. The van der Waals surface area contributed by atoms with Crippen LogP contribution in [0.1, 0.15) is 12.5 Å². The standard InChI is InChI=1S/C11H17N3O2/c1-2-16-11(15)14-8-7-13-9-10-3-5-12-6-4-10/h3-6,13H,2,7-9H2,1H3,(H,14,15). The fraction of sp³-hybridized carbons (Fsp3) is 0.455. The number of rotatable bonds is 6. The summed E-state index contributed by atoms with van der Waals surface area (Å²) in [5.74, 6) is 0. The van der Waals surface area contributed by atoms with Gasteiger partial charge in [-0.1, -0.05) is 0 Å². The minimum atomic E-state index is -0.367. The number of carbonyl (C=O) groups is 1. The Labute approximate surface area is 95.2 Å². The van der Waals surface area contributed by atoms with Crippen LogP contribution in [0.5, 0.6) is 0 Å². The molecule has 1 aromatic heterocycles. The van der Waals surface area contributed by atoms with Crippen LogP contribution in [0.2, 0.25) is 0 Å². The van der Waals surface area contributed by atoms with Crippen LogP contribution in [-0.4, -0.2) is 30.8 Å². The van der Waals surface area contributed by atoms with E-state index in [9.17, 15) is 4.79 Å². The molecule has 0 aliphatic rings. The molecule has 1 amide bonds. The van der Waals surface area contributed by atoms with Gasteiger partial charge in [0.05, 0.1) is 6.61 Å². The van der Waals surface area contributed by atoms with Crippen LogP contribution in [0, 0.1) is 0 Å². The summed E-state index contributed by atoms with van der Waals surface area (Å²) >= 11 is 0. The molecule has 0 radical (unpaired) electrons. The van der Waals surface area contributed by atoms with E-state index in [0.29, 0.717) is 19.7 Å². The lowest BCUT2D eigenvalue weighted by molar-refractivity contribution is 0.152. The highest BCUT2D eigenvalue weighted by Crippen LogP contribution is 1.93. The molecule has 2 N–H and O–H groups in total. The maximum absolute atomic E-state index is 10.9. The fourth-order valence-corrected chi connectivity index (χ4v) is 1.17. The average Bonchev–Trinajstić information content (AvgIpc) is 2.30. The number of hydrogen-bond donors (Lipinski definition) is 2. The first-order chi connectivity index (χ1) is 7.83. The summed E-state index contributed by atoms with van der Waals surface area (Å²) in [6.07, 6.45) is 3.15. The molecular formula is C11H17N3O2. The van der Waals surface area contributed by atoms with Crippen molar-refractivity contribution in [3.05, 3.63) is 30.1 Å². The van der Waals surface area contributed by atoms with Crippen molar-refractivity contribution in [2.45, 2.75) is 13.5 Å². The number of carbonyl (C=O) groups excluding carboxylic acids is 1. The maximum Gasteiger partial charge on any atom is 0.407 e. The van der Waals surface area contributed by atoms with Gasteiger partial charge in [-0.05, 0) is 24.6 Å². The minimum Gasteiger partial charge on any atom is -0.450 e. The number of ether oxygens (including phenoxy) is 1. The van der Waals surface area contributed by atoms with Gasteiger partial charge >= 0.3 is 6.09 Å². The highest BCUT2D eigenvalue weighted by Gasteiger charge is 1.97. The lowest BCUT2D eigenvalue weighted by Crippen LogP contribution is -2.32. The Morgan fingerprint density at radius 1 is 1.38 bits per heavy atom. The first kappa shape index (κ1) is 12.4. The molecule has 0 aliphatic heterocycles. The first-order valence-corrected chi connectivity index (χ1v) is 5.33. The van der Waals surface area contributed by atoms with Gasteiger partial charge in [0.1, 0.15) is 0 Å². The molecule has 0 aliphatic carbocycles. The zero-order chi connectivity index (χ0) is 11.6. The molecule has 0 fully saturated rings. The second-order valence-electron chi connectivity index (χ2n) is 3.18. The third-order valence-electron chi connectivity index (χ3n) is 1.93. The van der Waals surface area contributed by atoms with Crippen molar-refractivity contribution in [2.24, 2.45) is 0 Å². The summed E-state index contributed by atoms with van der Waals surface area (Å²) in [5, 5.41) is 5.83. The van der Waals surface area contributed by atoms with E-state index in [0.717, 1.165) is 6.54 Å². The largest absolute Gasteiger partial charge is 0.450 e. The topological polar surface area (TPSA) is 63.2 Å². The van der Waals surface area contributed by atoms with Crippen molar-refractivity contribution in [1.82, 2.24) is 15.6 Å². The molecule has 0 spiro atoms. The monoisotopic (exact) mass is 223 g/mol. The molecule has 0 aromatic carbocycles. The zero-order valence-corrected chi connectivity index (χ0v) is 9.40. The van der Waals surface area contributed by atoms with Gasteiger partial charge < -0.3 is 15.4 Å². The van der Waals surface area contributed by atoms with Crippen LogP contribution in [0.3, 0.4) is 0 Å². The van der Waals surface area contributed by atoms with Gasteiger partial charge in [0, 0.05) is 32.0 Å². The lowest BCUT2D eigenvalue weighted by Gasteiger charge is -2.06. The van der Waals surface area contributed by atoms with E-state index in [2.05, 4.69) is 15.6 Å². The highest BCUT2D eigenvalue weighted by molar-refractivity contribution is 5.66.